The molecule has 1 N–H and O–H groups in total. The van der Waals surface area contributed by atoms with E-state index < -0.39 is 12.1 Å². The van der Waals surface area contributed by atoms with Gasteiger partial charge in [0, 0.05) is 7.11 Å². The van der Waals surface area contributed by atoms with Crippen LogP contribution < -0.4 is 0 Å². The number of carboxylic acid groups (broad SMARTS) is 1. The fourth-order valence-corrected chi connectivity index (χ4v) is 0.670. The summed E-state index contributed by atoms with van der Waals surface area (Å²) < 4.78 is 4.86. The second-order valence-electron chi connectivity index (χ2n) is 2.08. The van der Waals surface area contributed by atoms with Gasteiger partial charge >= 0.3 is 5.97 Å². The van der Waals surface area contributed by atoms with Gasteiger partial charge in [-0.3, -0.25) is 0 Å². The van der Waals surface area contributed by atoms with Gasteiger partial charge in [-0.15, -0.1) is 6.58 Å². The predicted octanol–water partition coefficient (Wildman–Crippen LogP) is 1.22. The van der Waals surface area contributed by atoms with Crippen molar-refractivity contribution >= 4 is 5.97 Å². The van der Waals surface area contributed by atoms with Gasteiger partial charge in [0.25, 0.3) is 0 Å². The number of hydrogen-bond acceptors (Lipinski definition) is 2. The maximum atomic E-state index is 10.4. The minimum atomic E-state index is -1.03. The molecule has 0 amide bonds. The Morgan fingerprint density at radius 3 is 2.64 bits per heavy atom. The summed E-state index contributed by atoms with van der Waals surface area (Å²) in [5.41, 5.74) is 0.0624. The first-order chi connectivity index (χ1) is 5.13. The number of rotatable bonds is 5. The molecular formula is C8H12O3. The molecule has 0 aliphatic carbocycles. The van der Waals surface area contributed by atoms with Gasteiger partial charge in [0.15, 0.2) is 0 Å². The van der Waals surface area contributed by atoms with E-state index >= 15 is 0 Å². The monoisotopic (exact) mass is 156 g/mol. The van der Waals surface area contributed by atoms with Gasteiger partial charge < -0.3 is 9.84 Å². The Labute approximate surface area is 66.0 Å². The maximum absolute atomic E-state index is 10.4. The van der Waals surface area contributed by atoms with Crippen molar-refractivity contribution in [3.05, 3.63) is 24.8 Å². The van der Waals surface area contributed by atoms with Crippen LogP contribution >= 0.6 is 0 Å². The highest BCUT2D eigenvalue weighted by Crippen LogP contribution is 2.08. The number of hydrogen-bond donors (Lipinski definition) is 1. The molecule has 1 unspecified atom stereocenters. The summed E-state index contributed by atoms with van der Waals surface area (Å²) in [6.07, 6.45) is 1.62. The van der Waals surface area contributed by atoms with Gasteiger partial charge in [-0.2, -0.15) is 0 Å². The third-order valence-electron chi connectivity index (χ3n) is 1.33. The van der Waals surface area contributed by atoms with Crippen LogP contribution in [0, 0.1) is 0 Å². The van der Waals surface area contributed by atoms with Crippen LogP contribution in [-0.4, -0.2) is 24.3 Å². The normalized spacial score (nSPS) is 12.1. The predicted molar refractivity (Wildman–Crippen MR) is 42.4 cm³/mol. The van der Waals surface area contributed by atoms with Gasteiger partial charge in [0.05, 0.1) is 11.7 Å². The molecule has 62 valence electrons. The van der Waals surface area contributed by atoms with Crippen molar-refractivity contribution in [2.45, 2.75) is 12.5 Å². The molecule has 0 fully saturated rings. The van der Waals surface area contributed by atoms with Gasteiger partial charge in [-0.25, -0.2) is 4.79 Å². The zero-order valence-corrected chi connectivity index (χ0v) is 6.54. The minimum Gasteiger partial charge on any atom is -0.478 e. The highest BCUT2D eigenvalue weighted by Gasteiger charge is 2.15. The Morgan fingerprint density at radius 1 is 1.82 bits per heavy atom. The van der Waals surface area contributed by atoms with Crippen LogP contribution in [-0.2, 0) is 9.53 Å². The molecule has 0 saturated heterocycles. The summed E-state index contributed by atoms with van der Waals surface area (Å²) in [6, 6.07) is 0. The molecule has 0 saturated carbocycles. The fraction of sp³-hybridized carbons (Fsp3) is 0.375. The molecule has 1 atom stereocenters. The maximum Gasteiger partial charge on any atom is 0.333 e. The summed E-state index contributed by atoms with van der Waals surface area (Å²) in [7, 11) is 1.45. The van der Waals surface area contributed by atoms with Crippen molar-refractivity contribution in [2.75, 3.05) is 7.11 Å². The Balaban J connectivity index is 4.13. The van der Waals surface area contributed by atoms with Gasteiger partial charge in [-0.05, 0) is 6.42 Å². The van der Waals surface area contributed by atoms with E-state index in [9.17, 15) is 4.79 Å². The zero-order chi connectivity index (χ0) is 8.85. The van der Waals surface area contributed by atoms with E-state index in [1.54, 1.807) is 6.08 Å². The van der Waals surface area contributed by atoms with Crippen LogP contribution in [0.3, 0.4) is 0 Å². The van der Waals surface area contributed by atoms with Gasteiger partial charge in [-0.1, -0.05) is 12.7 Å². The lowest BCUT2D eigenvalue weighted by atomic mass is 10.1. The number of aliphatic carboxylic acids is 1. The van der Waals surface area contributed by atoms with E-state index in [-0.39, 0.29) is 5.57 Å². The second kappa shape index (κ2) is 4.68. The molecule has 0 bridgehead atoms. The topological polar surface area (TPSA) is 46.5 Å². The van der Waals surface area contributed by atoms with Gasteiger partial charge in [0.1, 0.15) is 0 Å². The van der Waals surface area contributed by atoms with Crippen molar-refractivity contribution in [3.63, 3.8) is 0 Å². The molecule has 0 spiro atoms. The molecule has 0 aliphatic heterocycles. The number of carboxylic acids is 1. The van der Waals surface area contributed by atoms with Crippen LogP contribution in [0.15, 0.2) is 24.8 Å². The lowest BCUT2D eigenvalue weighted by molar-refractivity contribution is -0.133. The number of ether oxygens (including phenoxy) is 1. The van der Waals surface area contributed by atoms with Crippen LogP contribution in [0.2, 0.25) is 0 Å². The third-order valence-corrected chi connectivity index (χ3v) is 1.33. The zero-order valence-electron chi connectivity index (χ0n) is 6.54. The van der Waals surface area contributed by atoms with E-state index in [0.717, 1.165) is 0 Å². The second-order valence-corrected chi connectivity index (χ2v) is 2.08. The Bertz CT molecular complexity index is 172. The van der Waals surface area contributed by atoms with Gasteiger partial charge in [0.2, 0.25) is 0 Å². The summed E-state index contributed by atoms with van der Waals surface area (Å²) in [6.45, 7) is 6.85. The third kappa shape index (κ3) is 3.00. The molecule has 3 nitrogen and oxygen atoms in total. The van der Waals surface area contributed by atoms with E-state index in [0.29, 0.717) is 6.42 Å². The molecule has 0 heterocycles. The largest absolute Gasteiger partial charge is 0.478 e. The summed E-state index contributed by atoms with van der Waals surface area (Å²) in [4.78, 5) is 10.4. The Kier molecular flexibility index (Phi) is 4.22. The molecule has 0 aromatic carbocycles. The first-order valence-electron chi connectivity index (χ1n) is 3.19. The van der Waals surface area contributed by atoms with Crippen molar-refractivity contribution in [2.24, 2.45) is 0 Å². The van der Waals surface area contributed by atoms with E-state index in [2.05, 4.69) is 13.2 Å². The number of methoxy groups -OCH3 is 1. The van der Waals surface area contributed by atoms with Crippen molar-refractivity contribution in [1.82, 2.24) is 0 Å². The Morgan fingerprint density at radius 2 is 2.36 bits per heavy atom. The standard InChI is InChI=1S/C8H12O3/c1-4-5-7(11-3)6(2)8(9)10/h4,7H,1-2,5H2,3H3,(H,9,10). The van der Waals surface area contributed by atoms with E-state index in [4.69, 9.17) is 9.84 Å². The molecule has 0 aromatic heterocycles. The molecule has 0 radical (unpaired) electrons. The lowest BCUT2D eigenvalue weighted by Gasteiger charge is -2.11. The average molecular weight is 156 g/mol. The fourth-order valence-electron chi connectivity index (χ4n) is 0.670. The molecule has 0 aliphatic rings. The molecule has 11 heavy (non-hydrogen) atoms. The van der Waals surface area contributed by atoms with Crippen molar-refractivity contribution in [3.8, 4) is 0 Å². The quantitative estimate of drug-likeness (QED) is 0.481. The average Bonchev–Trinajstić information content (AvgIpc) is 1.98. The highest BCUT2D eigenvalue weighted by molar-refractivity contribution is 5.86. The number of carbonyl (C=O) groups is 1. The van der Waals surface area contributed by atoms with E-state index in [1.165, 1.54) is 7.11 Å². The SMILES string of the molecule is C=CCC(OC)C(=C)C(=O)O. The van der Waals surface area contributed by atoms with Crippen molar-refractivity contribution < 1.29 is 14.6 Å². The molecular weight excluding hydrogens is 144 g/mol. The first kappa shape index (κ1) is 9.91. The molecule has 3 heteroatoms. The lowest BCUT2D eigenvalue weighted by Crippen LogP contribution is -2.18. The summed E-state index contributed by atoms with van der Waals surface area (Å²) >= 11 is 0. The summed E-state index contributed by atoms with van der Waals surface area (Å²) in [5, 5.41) is 8.50. The smallest absolute Gasteiger partial charge is 0.333 e. The molecule has 0 aromatic rings. The van der Waals surface area contributed by atoms with Crippen LogP contribution in [0.4, 0.5) is 0 Å². The van der Waals surface area contributed by atoms with Crippen molar-refractivity contribution in [1.29, 1.82) is 0 Å². The first-order valence-corrected chi connectivity index (χ1v) is 3.19. The van der Waals surface area contributed by atoms with Crippen LogP contribution in [0.5, 0.6) is 0 Å². The molecule has 0 rings (SSSR count). The Hall–Kier alpha value is -1.09. The summed E-state index contributed by atoms with van der Waals surface area (Å²) in [5.74, 6) is -1.03. The van der Waals surface area contributed by atoms with Crippen LogP contribution in [0.1, 0.15) is 6.42 Å². The highest BCUT2D eigenvalue weighted by atomic mass is 16.5. The van der Waals surface area contributed by atoms with E-state index in [1.807, 2.05) is 0 Å². The minimum absolute atomic E-state index is 0.0624. The van der Waals surface area contributed by atoms with Crippen LogP contribution in [0.25, 0.3) is 0 Å².